The minimum Gasteiger partial charge on any atom is -0.307 e. The van der Waals surface area contributed by atoms with Crippen molar-refractivity contribution in [2.45, 2.75) is 27.7 Å². The Hall–Kier alpha value is -0.920. The van der Waals surface area contributed by atoms with E-state index < -0.39 is 0 Å². The average molecular weight is 144 g/mol. The largest absolute Gasteiger partial charge is 0.307 e. The van der Waals surface area contributed by atoms with Crippen LogP contribution in [0.5, 0.6) is 0 Å². The van der Waals surface area contributed by atoms with Crippen molar-refractivity contribution in [2.75, 3.05) is 0 Å². The highest BCUT2D eigenvalue weighted by molar-refractivity contribution is 5.72. The molecule has 0 aliphatic carbocycles. The first kappa shape index (κ1) is 16.0. The molecule has 0 aliphatic heterocycles. The molecule has 0 bridgehead atoms. The number of allylic oxidation sites excluding steroid dienone is 1. The van der Waals surface area contributed by atoms with Gasteiger partial charge in [0.1, 0.15) is 12.6 Å². The van der Waals surface area contributed by atoms with Gasteiger partial charge in [-0.1, -0.05) is 5.57 Å². The zero-order valence-electron chi connectivity index (χ0n) is 7.23. The highest BCUT2D eigenvalue weighted by Gasteiger charge is 1.62. The molecule has 0 amide bonds. The predicted molar refractivity (Wildman–Crippen MR) is 44.0 cm³/mol. The van der Waals surface area contributed by atoms with Crippen LogP contribution in [0.25, 0.3) is 0 Å². The molecule has 0 saturated heterocycles. The summed E-state index contributed by atoms with van der Waals surface area (Å²) in [6.07, 6.45) is 0. The summed E-state index contributed by atoms with van der Waals surface area (Å²) >= 11 is 0. The quantitative estimate of drug-likeness (QED) is 0.487. The van der Waals surface area contributed by atoms with Gasteiger partial charge < -0.3 is 9.59 Å². The summed E-state index contributed by atoms with van der Waals surface area (Å²) < 4.78 is 0. The lowest BCUT2D eigenvalue weighted by Crippen LogP contribution is -1.69. The standard InChI is InChI=1S/C4H8.C3H6O.CH2O/c1-4(2)3;1-3(2)4;1-2/h1H2,2-3H3;1-2H3;1H2. The maximum atomic E-state index is 9.44. The molecule has 0 aliphatic rings. The Morgan fingerprint density at radius 2 is 1.00 bits per heavy atom. The second-order valence-corrected chi connectivity index (χ2v) is 2.12. The maximum Gasteiger partial charge on any atom is 0.126 e. The first-order chi connectivity index (χ1) is 4.46. The van der Waals surface area contributed by atoms with Crippen LogP contribution in [-0.4, -0.2) is 12.6 Å². The lowest BCUT2D eigenvalue weighted by atomic mass is 10.4. The number of ketones is 1. The summed E-state index contributed by atoms with van der Waals surface area (Å²) in [6.45, 7) is 12.6. The van der Waals surface area contributed by atoms with Crippen LogP contribution in [0.4, 0.5) is 0 Å². The summed E-state index contributed by atoms with van der Waals surface area (Å²) in [5.41, 5.74) is 1.17. The average Bonchev–Trinajstić information content (AvgIpc) is 1.66. The van der Waals surface area contributed by atoms with E-state index in [0.29, 0.717) is 0 Å². The Morgan fingerprint density at radius 1 is 1.00 bits per heavy atom. The smallest absolute Gasteiger partial charge is 0.126 e. The van der Waals surface area contributed by atoms with Gasteiger partial charge in [-0.2, -0.15) is 0 Å². The summed E-state index contributed by atoms with van der Waals surface area (Å²) in [5.74, 6) is 0.167. The molecule has 0 fully saturated rings. The van der Waals surface area contributed by atoms with Crippen LogP contribution < -0.4 is 0 Å². The fraction of sp³-hybridized carbons (Fsp3) is 0.500. The van der Waals surface area contributed by atoms with Gasteiger partial charge in [0.2, 0.25) is 0 Å². The van der Waals surface area contributed by atoms with Crippen molar-refractivity contribution in [1.82, 2.24) is 0 Å². The fourth-order valence-corrected chi connectivity index (χ4v) is 0. The molecule has 60 valence electrons. The molecule has 0 unspecified atom stereocenters. The van der Waals surface area contributed by atoms with Crippen LogP contribution in [0.15, 0.2) is 12.2 Å². The third-order valence-electron chi connectivity index (χ3n) is 0. The van der Waals surface area contributed by atoms with Crippen molar-refractivity contribution in [3.63, 3.8) is 0 Å². The van der Waals surface area contributed by atoms with Crippen molar-refractivity contribution in [3.05, 3.63) is 12.2 Å². The first-order valence-corrected chi connectivity index (χ1v) is 2.85. The summed E-state index contributed by atoms with van der Waals surface area (Å²) in [7, 11) is 0. The Morgan fingerprint density at radius 3 is 1.00 bits per heavy atom. The van der Waals surface area contributed by atoms with E-state index >= 15 is 0 Å². The highest BCUT2D eigenvalue weighted by atomic mass is 16.1. The molecule has 0 N–H and O–H groups in total. The van der Waals surface area contributed by atoms with Gasteiger partial charge in [-0.3, -0.25) is 0 Å². The highest BCUT2D eigenvalue weighted by Crippen LogP contribution is 1.73. The predicted octanol–water partition coefficient (Wildman–Crippen LogP) is 1.99. The molecule has 0 saturated carbocycles. The number of hydrogen-bond acceptors (Lipinski definition) is 2. The van der Waals surface area contributed by atoms with Crippen LogP contribution in [-0.2, 0) is 9.59 Å². The van der Waals surface area contributed by atoms with Gasteiger partial charge in [0.25, 0.3) is 0 Å². The van der Waals surface area contributed by atoms with Crippen molar-refractivity contribution in [3.8, 4) is 0 Å². The molecular weight excluding hydrogens is 128 g/mol. The maximum absolute atomic E-state index is 9.44. The zero-order chi connectivity index (χ0) is 9.15. The molecular formula is C8H16O2. The van der Waals surface area contributed by atoms with Gasteiger partial charge in [0.15, 0.2) is 0 Å². The van der Waals surface area contributed by atoms with E-state index in [0.717, 1.165) is 0 Å². The molecule has 0 atom stereocenters. The fourth-order valence-electron chi connectivity index (χ4n) is 0. The van der Waals surface area contributed by atoms with Crippen molar-refractivity contribution < 1.29 is 9.59 Å². The molecule has 0 spiro atoms. The molecule has 2 nitrogen and oxygen atoms in total. The minimum absolute atomic E-state index is 0.167. The van der Waals surface area contributed by atoms with Crippen molar-refractivity contribution >= 4 is 12.6 Å². The summed E-state index contributed by atoms with van der Waals surface area (Å²) in [4.78, 5) is 17.4. The third-order valence-corrected chi connectivity index (χ3v) is 0. The molecule has 0 rings (SSSR count). The van der Waals surface area contributed by atoms with E-state index in [1.807, 2.05) is 20.6 Å². The van der Waals surface area contributed by atoms with Gasteiger partial charge in [0.05, 0.1) is 0 Å². The van der Waals surface area contributed by atoms with E-state index in [-0.39, 0.29) is 5.78 Å². The van der Waals surface area contributed by atoms with E-state index in [2.05, 4.69) is 6.58 Å². The number of Topliss-reactive ketones (excluding diaryl/α,β-unsaturated/α-hetero) is 1. The number of hydrogen-bond donors (Lipinski definition) is 0. The van der Waals surface area contributed by atoms with Crippen LogP contribution in [0.2, 0.25) is 0 Å². The summed E-state index contributed by atoms with van der Waals surface area (Å²) in [6, 6.07) is 0. The van der Waals surface area contributed by atoms with Crippen molar-refractivity contribution in [2.24, 2.45) is 0 Å². The van der Waals surface area contributed by atoms with E-state index in [1.54, 1.807) is 0 Å². The molecule has 10 heavy (non-hydrogen) atoms. The number of carbonyl (C=O) groups excluding carboxylic acids is 2. The van der Waals surface area contributed by atoms with Crippen LogP contribution in [0.1, 0.15) is 27.7 Å². The van der Waals surface area contributed by atoms with Gasteiger partial charge in [-0.25, -0.2) is 0 Å². The van der Waals surface area contributed by atoms with E-state index in [1.165, 1.54) is 19.4 Å². The molecule has 2 heteroatoms. The Kier molecular flexibility index (Phi) is 25.2. The molecule has 0 aromatic rings. The normalized spacial score (nSPS) is 5.60. The number of rotatable bonds is 0. The summed E-state index contributed by atoms with van der Waals surface area (Å²) in [5, 5.41) is 0. The number of carbonyl (C=O) groups is 2. The van der Waals surface area contributed by atoms with Crippen LogP contribution in [0.3, 0.4) is 0 Å². The van der Waals surface area contributed by atoms with E-state index in [4.69, 9.17) is 4.79 Å². The Balaban J connectivity index is -0.0000000787. The molecule has 0 heterocycles. The minimum atomic E-state index is 0.167. The van der Waals surface area contributed by atoms with Gasteiger partial charge in [-0.15, -0.1) is 6.58 Å². The van der Waals surface area contributed by atoms with Crippen LogP contribution in [0, 0.1) is 0 Å². The zero-order valence-corrected chi connectivity index (χ0v) is 7.23. The second kappa shape index (κ2) is 15.7. The Bertz CT molecular complexity index is 75.4. The van der Waals surface area contributed by atoms with Crippen molar-refractivity contribution in [1.29, 1.82) is 0 Å². The second-order valence-electron chi connectivity index (χ2n) is 2.12. The topological polar surface area (TPSA) is 34.1 Å². The van der Waals surface area contributed by atoms with Gasteiger partial charge in [-0.05, 0) is 27.7 Å². The molecule has 0 aromatic heterocycles. The lowest BCUT2D eigenvalue weighted by Gasteiger charge is -1.65. The molecule has 0 aromatic carbocycles. The Labute approximate surface area is 62.9 Å². The van der Waals surface area contributed by atoms with Crippen LogP contribution >= 0.6 is 0 Å². The molecule has 0 radical (unpaired) electrons. The lowest BCUT2D eigenvalue weighted by molar-refractivity contribution is -0.115. The SMILES string of the molecule is C=C(C)C.C=O.CC(C)=O. The van der Waals surface area contributed by atoms with E-state index in [9.17, 15) is 4.79 Å². The third kappa shape index (κ3) is 309. The van der Waals surface area contributed by atoms with Gasteiger partial charge in [0, 0.05) is 0 Å². The monoisotopic (exact) mass is 144 g/mol. The van der Waals surface area contributed by atoms with Gasteiger partial charge >= 0.3 is 0 Å². The first-order valence-electron chi connectivity index (χ1n) is 2.85.